The van der Waals surface area contributed by atoms with Gasteiger partial charge in [-0.05, 0) is 37.5 Å². The van der Waals surface area contributed by atoms with Gasteiger partial charge in [-0.25, -0.2) is 0 Å². The van der Waals surface area contributed by atoms with E-state index in [0.717, 1.165) is 17.7 Å². The first-order valence-corrected chi connectivity index (χ1v) is 8.34. The zero-order valence-corrected chi connectivity index (χ0v) is 14.6. The molecule has 0 aliphatic carbocycles. The number of esters is 1. The van der Waals surface area contributed by atoms with Crippen molar-refractivity contribution in [1.82, 2.24) is 5.32 Å². The van der Waals surface area contributed by atoms with Gasteiger partial charge in [0.15, 0.2) is 0 Å². The number of hydrogen-bond acceptors (Lipinski definition) is 4. The Kier molecular flexibility index (Phi) is 7.16. The van der Waals surface area contributed by atoms with E-state index in [1.54, 1.807) is 6.92 Å². The van der Waals surface area contributed by atoms with Crippen LogP contribution >= 0.6 is 0 Å². The highest BCUT2D eigenvalue weighted by molar-refractivity contribution is 5.95. The molecule has 0 spiro atoms. The van der Waals surface area contributed by atoms with Crippen molar-refractivity contribution in [2.45, 2.75) is 31.8 Å². The number of amides is 1. The average molecular weight is 340 g/mol. The van der Waals surface area contributed by atoms with Gasteiger partial charge in [0.25, 0.3) is 0 Å². The number of hydrogen-bond donors (Lipinski definition) is 2. The fraction of sp³-hybridized carbons (Fsp3) is 0.300. The third-order valence-electron chi connectivity index (χ3n) is 3.93. The van der Waals surface area contributed by atoms with E-state index >= 15 is 0 Å². The minimum Gasteiger partial charge on any atom is -0.468 e. The monoisotopic (exact) mass is 340 g/mol. The molecule has 0 saturated heterocycles. The van der Waals surface area contributed by atoms with E-state index in [4.69, 9.17) is 4.74 Å². The number of methoxy groups -OCH3 is 1. The molecule has 1 amide bonds. The van der Waals surface area contributed by atoms with Gasteiger partial charge >= 0.3 is 5.97 Å². The fourth-order valence-corrected chi connectivity index (χ4v) is 2.54. The van der Waals surface area contributed by atoms with Crippen LogP contribution in [-0.2, 0) is 20.7 Å². The number of aryl methyl sites for hydroxylation is 1. The summed E-state index contributed by atoms with van der Waals surface area (Å²) < 4.78 is 4.74. The highest BCUT2D eigenvalue weighted by atomic mass is 16.5. The average Bonchev–Trinajstić information content (AvgIpc) is 2.65. The number of benzene rings is 2. The van der Waals surface area contributed by atoms with E-state index in [-0.39, 0.29) is 5.91 Å². The zero-order valence-electron chi connectivity index (χ0n) is 14.6. The van der Waals surface area contributed by atoms with Gasteiger partial charge in [-0.15, -0.1) is 0 Å². The summed E-state index contributed by atoms with van der Waals surface area (Å²) in [5.74, 6) is -0.560. The highest BCUT2D eigenvalue weighted by Crippen LogP contribution is 2.10. The van der Waals surface area contributed by atoms with Crippen molar-refractivity contribution < 1.29 is 14.3 Å². The van der Waals surface area contributed by atoms with E-state index in [0.29, 0.717) is 6.42 Å². The van der Waals surface area contributed by atoms with Crippen molar-refractivity contribution in [2.24, 2.45) is 0 Å². The van der Waals surface area contributed by atoms with E-state index in [1.165, 1.54) is 7.11 Å². The van der Waals surface area contributed by atoms with Crippen LogP contribution in [0.5, 0.6) is 0 Å². The summed E-state index contributed by atoms with van der Waals surface area (Å²) in [6.07, 6.45) is 1.30. The molecule has 2 rings (SSSR count). The van der Waals surface area contributed by atoms with E-state index in [1.807, 2.05) is 60.7 Å². The Hall–Kier alpha value is -2.66. The Morgan fingerprint density at radius 2 is 1.60 bits per heavy atom. The Morgan fingerprint density at radius 3 is 2.20 bits per heavy atom. The lowest BCUT2D eigenvalue weighted by Gasteiger charge is -2.21. The van der Waals surface area contributed by atoms with Gasteiger partial charge in [-0.1, -0.05) is 48.5 Å². The molecule has 132 valence electrons. The molecular weight excluding hydrogens is 316 g/mol. The quantitative estimate of drug-likeness (QED) is 0.725. The molecule has 0 aliphatic rings. The third kappa shape index (κ3) is 6.04. The first kappa shape index (κ1) is 18.7. The molecule has 25 heavy (non-hydrogen) atoms. The predicted molar refractivity (Wildman–Crippen MR) is 98.2 cm³/mol. The number of para-hydroxylation sites is 1. The Labute approximate surface area is 148 Å². The highest BCUT2D eigenvalue weighted by Gasteiger charge is 2.24. The largest absolute Gasteiger partial charge is 0.468 e. The predicted octanol–water partition coefficient (Wildman–Crippen LogP) is 2.78. The topological polar surface area (TPSA) is 67.4 Å². The number of anilines is 1. The second kappa shape index (κ2) is 9.59. The second-order valence-electron chi connectivity index (χ2n) is 5.84. The summed E-state index contributed by atoms with van der Waals surface area (Å²) in [5, 5.41) is 5.96. The molecule has 2 N–H and O–H groups in total. The standard InChI is InChI=1S/C20H24N2O3/c1-15(20(24)25-2)21-18(14-13-16-9-5-3-6-10-16)19(23)22-17-11-7-4-8-12-17/h3-12,15,18,21H,13-14H2,1-2H3,(H,22,23)/t15-,18-/m0/s1. The van der Waals surface area contributed by atoms with E-state index in [9.17, 15) is 9.59 Å². The lowest BCUT2D eigenvalue weighted by molar-refractivity contribution is -0.143. The van der Waals surface area contributed by atoms with Gasteiger partial charge in [0.2, 0.25) is 5.91 Å². The van der Waals surface area contributed by atoms with Crippen LogP contribution < -0.4 is 10.6 Å². The van der Waals surface area contributed by atoms with Crippen LogP contribution in [0.3, 0.4) is 0 Å². The van der Waals surface area contributed by atoms with Crippen LogP contribution in [0.25, 0.3) is 0 Å². The maximum Gasteiger partial charge on any atom is 0.322 e. The number of nitrogens with one attached hydrogen (secondary N) is 2. The molecule has 0 radical (unpaired) electrons. The minimum absolute atomic E-state index is 0.169. The number of carbonyl (C=O) groups is 2. The first-order valence-electron chi connectivity index (χ1n) is 8.34. The Bertz CT molecular complexity index is 674. The van der Waals surface area contributed by atoms with E-state index in [2.05, 4.69) is 10.6 Å². The van der Waals surface area contributed by atoms with Crippen molar-refractivity contribution in [3.63, 3.8) is 0 Å². The van der Waals surface area contributed by atoms with Gasteiger partial charge < -0.3 is 10.1 Å². The molecule has 2 atom stereocenters. The van der Waals surface area contributed by atoms with E-state index < -0.39 is 18.1 Å². The lowest BCUT2D eigenvalue weighted by Crippen LogP contribution is -2.48. The summed E-state index contributed by atoms with van der Waals surface area (Å²) in [4.78, 5) is 24.3. The van der Waals surface area contributed by atoms with Crippen molar-refractivity contribution in [2.75, 3.05) is 12.4 Å². The molecule has 0 heterocycles. The zero-order chi connectivity index (χ0) is 18.1. The van der Waals surface area contributed by atoms with Crippen LogP contribution in [0.1, 0.15) is 18.9 Å². The fourth-order valence-electron chi connectivity index (χ4n) is 2.54. The molecule has 0 bridgehead atoms. The molecular formula is C20H24N2O3. The third-order valence-corrected chi connectivity index (χ3v) is 3.93. The Morgan fingerprint density at radius 1 is 1.00 bits per heavy atom. The molecule has 5 nitrogen and oxygen atoms in total. The van der Waals surface area contributed by atoms with Crippen LogP contribution in [0, 0.1) is 0 Å². The SMILES string of the molecule is COC(=O)[C@H](C)N[C@@H](CCc1ccccc1)C(=O)Nc1ccccc1. The molecule has 2 aromatic rings. The van der Waals surface area contributed by atoms with Crippen molar-refractivity contribution in [1.29, 1.82) is 0 Å². The minimum atomic E-state index is -0.563. The van der Waals surface area contributed by atoms with Gasteiger partial charge in [0.05, 0.1) is 13.2 Å². The van der Waals surface area contributed by atoms with Crippen molar-refractivity contribution in [3.05, 3.63) is 66.2 Å². The molecule has 2 aromatic carbocycles. The van der Waals surface area contributed by atoms with Crippen molar-refractivity contribution >= 4 is 17.6 Å². The number of carbonyl (C=O) groups excluding carboxylic acids is 2. The molecule has 0 fully saturated rings. The van der Waals surface area contributed by atoms with Crippen molar-refractivity contribution in [3.8, 4) is 0 Å². The summed E-state index contributed by atoms with van der Waals surface area (Å²) in [6.45, 7) is 1.69. The van der Waals surface area contributed by atoms with Crippen LogP contribution in [0.15, 0.2) is 60.7 Å². The smallest absolute Gasteiger partial charge is 0.322 e. The first-order chi connectivity index (χ1) is 12.1. The molecule has 5 heteroatoms. The number of rotatable bonds is 8. The summed E-state index contributed by atoms with van der Waals surface area (Å²) in [7, 11) is 1.34. The maximum atomic E-state index is 12.7. The van der Waals surface area contributed by atoms with Gasteiger partial charge in [0.1, 0.15) is 6.04 Å². The second-order valence-corrected chi connectivity index (χ2v) is 5.84. The Balaban J connectivity index is 2.04. The van der Waals surface area contributed by atoms with Crippen LogP contribution in [0.2, 0.25) is 0 Å². The van der Waals surface area contributed by atoms with Gasteiger partial charge in [0, 0.05) is 5.69 Å². The summed E-state index contributed by atoms with van der Waals surface area (Å²) in [5.41, 5.74) is 1.87. The molecule has 0 aliphatic heterocycles. The van der Waals surface area contributed by atoms with Gasteiger partial charge in [-0.2, -0.15) is 0 Å². The van der Waals surface area contributed by atoms with Crippen LogP contribution in [0.4, 0.5) is 5.69 Å². The van der Waals surface area contributed by atoms with Crippen LogP contribution in [-0.4, -0.2) is 31.1 Å². The molecule has 0 aromatic heterocycles. The normalized spacial score (nSPS) is 12.9. The lowest BCUT2D eigenvalue weighted by atomic mass is 10.0. The van der Waals surface area contributed by atoms with Gasteiger partial charge in [-0.3, -0.25) is 14.9 Å². The molecule has 0 unspecified atom stereocenters. The summed E-state index contributed by atoms with van der Waals surface area (Å²) in [6, 6.07) is 18.1. The number of ether oxygens (including phenoxy) is 1. The molecule has 0 saturated carbocycles. The maximum absolute atomic E-state index is 12.7. The summed E-state index contributed by atoms with van der Waals surface area (Å²) >= 11 is 0.